The van der Waals surface area contributed by atoms with E-state index < -0.39 is 22.4 Å². The molecule has 0 spiro atoms. The lowest BCUT2D eigenvalue weighted by molar-refractivity contribution is -0.387. The van der Waals surface area contributed by atoms with Gasteiger partial charge in [0.2, 0.25) is 0 Å². The molecular formula is C19H15N3O7S. The highest BCUT2D eigenvalue weighted by Crippen LogP contribution is 2.28. The summed E-state index contributed by atoms with van der Waals surface area (Å²) in [6, 6.07) is 8.29. The molecule has 0 unspecified atom stereocenters. The Morgan fingerprint density at radius 3 is 2.53 bits per heavy atom. The van der Waals surface area contributed by atoms with Gasteiger partial charge in [0.1, 0.15) is 12.4 Å². The maximum absolute atomic E-state index is 12.3. The van der Waals surface area contributed by atoms with Gasteiger partial charge in [0, 0.05) is 6.07 Å². The van der Waals surface area contributed by atoms with Gasteiger partial charge >= 0.3 is 11.9 Å². The first kappa shape index (κ1) is 21.0. The number of nitrogens with one attached hydrogen (secondary N) is 1. The fourth-order valence-electron chi connectivity index (χ4n) is 2.68. The van der Waals surface area contributed by atoms with Gasteiger partial charge in [-0.1, -0.05) is 0 Å². The Labute approximate surface area is 173 Å². The first-order chi connectivity index (χ1) is 14.3. The predicted octanol–water partition coefficient (Wildman–Crippen LogP) is 2.70. The van der Waals surface area contributed by atoms with Gasteiger partial charge < -0.3 is 14.5 Å². The number of aromatic amines is 1. The number of H-pyrrole nitrogens is 1. The van der Waals surface area contributed by atoms with Gasteiger partial charge in [-0.2, -0.15) is 0 Å². The molecule has 0 atom stereocenters. The van der Waals surface area contributed by atoms with Gasteiger partial charge in [-0.3, -0.25) is 14.9 Å². The van der Waals surface area contributed by atoms with E-state index in [1.807, 2.05) is 0 Å². The minimum Gasteiger partial charge on any atom is -0.465 e. The zero-order valence-electron chi connectivity index (χ0n) is 15.8. The van der Waals surface area contributed by atoms with Crippen molar-refractivity contribution in [1.82, 2.24) is 9.97 Å². The molecule has 0 aliphatic rings. The van der Waals surface area contributed by atoms with Gasteiger partial charge in [0.05, 0.1) is 39.0 Å². The molecule has 0 bridgehead atoms. The molecule has 154 valence electrons. The fourth-order valence-corrected chi connectivity index (χ4v) is 3.22. The van der Waals surface area contributed by atoms with Crippen LogP contribution in [0.4, 0.5) is 5.69 Å². The van der Waals surface area contributed by atoms with Crippen molar-refractivity contribution in [3.63, 3.8) is 0 Å². The molecule has 11 heteroatoms. The van der Waals surface area contributed by atoms with Crippen molar-refractivity contribution in [3.05, 3.63) is 73.8 Å². The maximum Gasteiger partial charge on any atom is 0.338 e. The van der Waals surface area contributed by atoms with Crippen LogP contribution in [0.15, 0.2) is 46.1 Å². The number of benzene rings is 2. The third-order valence-corrected chi connectivity index (χ3v) is 4.91. The number of thioether (sulfide) groups is 1. The summed E-state index contributed by atoms with van der Waals surface area (Å²) in [6.07, 6.45) is 1.69. The first-order valence-electron chi connectivity index (χ1n) is 8.45. The van der Waals surface area contributed by atoms with E-state index in [1.165, 1.54) is 49.2 Å². The Bertz CT molecular complexity index is 1220. The smallest absolute Gasteiger partial charge is 0.338 e. The van der Waals surface area contributed by atoms with Crippen LogP contribution < -0.4 is 5.56 Å². The van der Waals surface area contributed by atoms with Crippen LogP contribution in [0.3, 0.4) is 0 Å². The van der Waals surface area contributed by atoms with Crippen molar-refractivity contribution in [1.29, 1.82) is 0 Å². The van der Waals surface area contributed by atoms with Gasteiger partial charge in [0.25, 0.3) is 11.2 Å². The number of rotatable bonds is 6. The molecule has 0 aliphatic carbocycles. The Morgan fingerprint density at radius 2 is 1.87 bits per heavy atom. The zero-order chi connectivity index (χ0) is 21.8. The van der Waals surface area contributed by atoms with E-state index >= 15 is 0 Å². The molecule has 3 rings (SSSR count). The highest BCUT2D eigenvalue weighted by molar-refractivity contribution is 7.98. The molecule has 1 N–H and O–H groups in total. The molecule has 0 radical (unpaired) electrons. The van der Waals surface area contributed by atoms with Crippen molar-refractivity contribution in [2.75, 3.05) is 13.4 Å². The topological polar surface area (TPSA) is 141 Å². The monoisotopic (exact) mass is 429 g/mol. The third-order valence-electron chi connectivity index (χ3n) is 4.13. The number of hydrogen-bond donors (Lipinski definition) is 1. The number of nitro benzene ring substituents is 1. The average molecular weight is 429 g/mol. The van der Waals surface area contributed by atoms with Gasteiger partial charge in [-0.25, -0.2) is 14.6 Å². The van der Waals surface area contributed by atoms with E-state index in [9.17, 15) is 24.5 Å². The lowest BCUT2D eigenvalue weighted by atomic mass is 10.1. The van der Waals surface area contributed by atoms with E-state index in [0.717, 1.165) is 6.07 Å². The van der Waals surface area contributed by atoms with Crippen molar-refractivity contribution in [2.24, 2.45) is 0 Å². The molecule has 10 nitrogen and oxygen atoms in total. The van der Waals surface area contributed by atoms with Crippen LogP contribution in [0.25, 0.3) is 10.9 Å². The minimum absolute atomic E-state index is 0.00406. The number of fused-ring (bicyclic) bond motifs is 1. The van der Waals surface area contributed by atoms with Crippen LogP contribution in [-0.4, -0.2) is 40.2 Å². The number of ether oxygens (including phenoxy) is 2. The summed E-state index contributed by atoms with van der Waals surface area (Å²) in [5.41, 5.74) is -0.234. The van der Waals surface area contributed by atoms with E-state index in [1.54, 1.807) is 6.26 Å². The number of methoxy groups -OCH3 is 1. The van der Waals surface area contributed by atoms with E-state index in [4.69, 9.17) is 4.74 Å². The number of hydrogen-bond acceptors (Lipinski definition) is 9. The number of carbonyl (C=O) groups is 2. The Hall–Kier alpha value is -3.73. The quantitative estimate of drug-likeness (QED) is 0.271. The van der Waals surface area contributed by atoms with Crippen molar-refractivity contribution >= 4 is 40.3 Å². The van der Waals surface area contributed by atoms with E-state index in [0.29, 0.717) is 4.90 Å². The second-order valence-electron chi connectivity index (χ2n) is 5.96. The minimum atomic E-state index is -0.809. The Kier molecular flexibility index (Phi) is 6.11. The largest absolute Gasteiger partial charge is 0.465 e. The summed E-state index contributed by atoms with van der Waals surface area (Å²) < 4.78 is 9.78. The molecule has 1 heterocycles. The van der Waals surface area contributed by atoms with Gasteiger partial charge in [-0.15, -0.1) is 11.8 Å². The SMILES string of the molecule is COC(=O)c1ccc2c(=O)[nH]c(COC(=O)c3ccc(SC)c([N+](=O)[O-])c3)nc2c1. The first-order valence-corrected chi connectivity index (χ1v) is 9.67. The molecule has 2 aromatic carbocycles. The predicted molar refractivity (Wildman–Crippen MR) is 108 cm³/mol. The summed E-state index contributed by atoms with van der Waals surface area (Å²) in [7, 11) is 1.23. The fraction of sp³-hybridized carbons (Fsp3) is 0.158. The highest BCUT2D eigenvalue weighted by atomic mass is 32.2. The van der Waals surface area contributed by atoms with E-state index in [2.05, 4.69) is 14.7 Å². The summed E-state index contributed by atoms with van der Waals surface area (Å²) in [6.45, 7) is -0.370. The molecule has 0 saturated carbocycles. The van der Waals surface area contributed by atoms with E-state index in [-0.39, 0.29) is 40.1 Å². The molecule has 0 fully saturated rings. The van der Waals surface area contributed by atoms with Gasteiger partial charge in [0.15, 0.2) is 0 Å². The number of carbonyl (C=O) groups excluding carboxylic acids is 2. The van der Waals surface area contributed by atoms with Gasteiger partial charge in [-0.05, 0) is 36.6 Å². The van der Waals surface area contributed by atoms with Crippen LogP contribution in [0.5, 0.6) is 0 Å². The molecule has 0 aliphatic heterocycles. The molecule has 30 heavy (non-hydrogen) atoms. The molecule has 0 amide bonds. The molecule has 1 aromatic heterocycles. The standard InChI is InChI=1S/C19H15N3O7S/c1-28-18(24)10-3-5-12-13(7-10)20-16(21-17(12)23)9-29-19(25)11-4-6-15(30-2)14(8-11)22(26)27/h3-8H,9H2,1-2H3,(H,20,21,23). The molecule has 3 aromatic rings. The summed E-state index contributed by atoms with van der Waals surface area (Å²) in [5.74, 6) is -1.34. The Balaban J connectivity index is 1.83. The molecule has 0 saturated heterocycles. The van der Waals surface area contributed by atoms with Crippen molar-refractivity contribution in [2.45, 2.75) is 11.5 Å². The summed E-state index contributed by atoms with van der Waals surface area (Å²) in [5, 5.41) is 11.4. The normalized spacial score (nSPS) is 10.6. The van der Waals surface area contributed by atoms with Crippen LogP contribution in [0.1, 0.15) is 26.5 Å². The Morgan fingerprint density at radius 1 is 1.17 bits per heavy atom. The lowest BCUT2D eigenvalue weighted by Gasteiger charge is -2.07. The van der Waals surface area contributed by atoms with Crippen LogP contribution >= 0.6 is 11.8 Å². The second kappa shape index (κ2) is 8.74. The average Bonchev–Trinajstić information content (AvgIpc) is 2.75. The summed E-state index contributed by atoms with van der Waals surface area (Å²) >= 11 is 1.19. The zero-order valence-corrected chi connectivity index (χ0v) is 16.6. The second-order valence-corrected chi connectivity index (χ2v) is 6.80. The van der Waals surface area contributed by atoms with Crippen LogP contribution in [0, 0.1) is 10.1 Å². The number of nitrogens with zero attached hydrogens (tertiary/aromatic N) is 2. The van der Waals surface area contributed by atoms with Crippen LogP contribution in [0.2, 0.25) is 0 Å². The highest BCUT2D eigenvalue weighted by Gasteiger charge is 2.18. The summed E-state index contributed by atoms with van der Waals surface area (Å²) in [4.78, 5) is 53.9. The lowest BCUT2D eigenvalue weighted by Crippen LogP contribution is -2.15. The van der Waals surface area contributed by atoms with Crippen molar-refractivity contribution < 1.29 is 24.0 Å². The maximum atomic E-state index is 12.3. The number of nitro groups is 1. The van der Waals surface area contributed by atoms with Crippen molar-refractivity contribution in [3.8, 4) is 0 Å². The molecular weight excluding hydrogens is 414 g/mol. The number of aromatic nitrogens is 2. The van der Waals surface area contributed by atoms with Crippen LogP contribution in [-0.2, 0) is 16.1 Å². The third kappa shape index (κ3) is 4.30. The number of esters is 2.